The van der Waals surface area contributed by atoms with Crippen LogP contribution in [0.5, 0.6) is 0 Å². The molecule has 0 fully saturated rings. The Morgan fingerprint density at radius 1 is 0.917 bits per heavy atom. The molecule has 3 aromatic rings. The van der Waals surface area contributed by atoms with E-state index < -0.39 is 11.9 Å². The molecule has 0 radical (unpaired) electrons. The largest absolute Gasteiger partial charge is 0.452 e. The Morgan fingerprint density at radius 3 is 2.50 bits per heavy atom. The molecule has 0 saturated heterocycles. The van der Waals surface area contributed by atoms with Gasteiger partial charge in [-0.1, -0.05) is 36.4 Å². The molecule has 0 bridgehead atoms. The summed E-state index contributed by atoms with van der Waals surface area (Å²) in [5, 5.41) is 4.82. The minimum Gasteiger partial charge on any atom is -0.452 e. The van der Waals surface area contributed by atoms with Crippen molar-refractivity contribution in [2.45, 2.75) is 0 Å². The second kappa shape index (κ2) is 6.83. The normalized spacial score (nSPS) is 10.3. The molecule has 0 saturated carbocycles. The van der Waals surface area contributed by atoms with Crippen molar-refractivity contribution in [1.29, 1.82) is 0 Å². The van der Waals surface area contributed by atoms with E-state index in [1.54, 1.807) is 24.3 Å². The summed E-state index contributed by atoms with van der Waals surface area (Å²) in [6.07, 6.45) is 0. The lowest BCUT2D eigenvalue weighted by Crippen LogP contribution is -2.20. The summed E-state index contributed by atoms with van der Waals surface area (Å²) in [6, 6.07) is 19.8. The van der Waals surface area contributed by atoms with Gasteiger partial charge < -0.3 is 15.8 Å². The first-order valence-electron chi connectivity index (χ1n) is 7.43. The van der Waals surface area contributed by atoms with Crippen molar-refractivity contribution in [2.24, 2.45) is 0 Å². The number of anilines is 2. The minimum absolute atomic E-state index is 0.313. The quantitative estimate of drug-likeness (QED) is 0.571. The Balaban J connectivity index is 1.59. The standard InChI is InChI=1S/C19H16N2O3/c20-16-7-3-6-15(10-16)19(23)24-12-18(22)21-17-9-8-13-4-1-2-5-14(13)11-17/h1-11H,12,20H2,(H,21,22). The zero-order valence-electron chi connectivity index (χ0n) is 12.9. The lowest BCUT2D eigenvalue weighted by Gasteiger charge is -2.08. The van der Waals surface area contributed by atoms with Gasteiger partial charge in [-0.05, 0) is 41.1 Å². The van der Waals surface area contributed by atoms with Crippen molar-refractivity contribution in [3.05, 3.63) is 72.3 Å². The van der Waals surface area contributed by atoms with Gasteiger partial charge in [0.25, 0.3) is 5.91 Å². The maximum Gasteiger partial charge on any atom is 0.338 e. The molecule has 1 amide bonds. The predicted molar refractivity (Wildman–Crippen MR) is 93.7 cm³/mol. The Hall–Kier alpha value is -3.34. The minimum atomic E-state index is -0.587. The number of hydrogen-bond donors (Lipinski definition) is 2. The van der Waals surface area contributed by atoms with E-state index in [-0.39, 0.29) is 6.61 Å². The second-order valence-corrected chi connectivity index (χ2v) is 5.31. The maximum atomic E-state index is 11.9. The molecule has 0 heterocycles. The maximum absolute atomic E-state index is 11.9. The average molecular weight is 320 g/mol. The molecule has 5 nitrogen and oxygen atoms in total. The van der Waals surface area contributed by atoms with Crippen LogP contribution in [-0.4, -0.2) is 18.5 Å². The highest BCUT2D eigenvalue weighted by Crippen LogP contribution is 2.18. The number of nitrogens with two attached hydrogens (primary N) is 1. The third kappa shape index (κ3) is 3.70. The van der Waals surface area contributed by atoms with E-state index in [1.807, 2.05) is 36.4 Å². The molecular weight excluding hydrogens is 304 g/mol. The predicted octanol–water partition coefficient (Wildman–Crippen LogP) is 3.22. The molecule has 24 heavy (non-hydrogen) atoms. The van der Waals surface area contributed by atoms with Crippen molar-refractivity contribution < 1.29 is 14.3 Å². The molecule has 0 atom stereocenters. The van der Waals surface area contributed by atoms with Crippen LogP contribution in [0, 0.1) is 0 Å². The molecule has 3 rings (SSSR count). The highest BCUT2D eigenvalue weighted by molar-refractivity contribution is 5.97. The fourth-order valence-electron chi connectivity index (χ4n) is 2.34. The molecule has 3 N–H and O–H groups in total. The van der Waals surface area contributed by atoms with E-state index in [1.165, 1.54) is 6.07 Å². The smallest absolute Gasteiger partial charge is 0.338 e. The van der Waals surface area contributed by atoms with E-state index in [2.05, 4.69) is 5.32 Å². The van der Waals surface area contributed by atoms with Crippen LogP contribution in [0.2, 0.25) is 0 Å². The van der Waals surface area contributed by atoms with Crippen molar-refractivity contribution in [3.8, 4) is 0 Å². The first-order chi connectivity index (χ1) is 11.6. The number of nitrogens with one attached hydrogen (secondary N) is 1. The number of ether oxygens (including phenoxy) is 1. The Bertz CT molecular complexity index is 906. The molecule has 0 aliphatic carbocycles. The summed E-state index contributed by atoms with van der Waals surface area (Å²) in [6.45, 7) is -0.361. The molecule has 0 aromatic heterocycles. The van der Waals surface area contributed by atoms with Gasteiger partial charge in [0.2, 0.25) is 0 Å². The van der Waals surface area contributed by atoms with E-state index in [0.29, 0.717) is 16.9 Å². The summed E-state index contributed by atoms with van der Waals surface area (Å²) in [5.41, 5.74) is 7.04. The van der Waals surface area contributed by atoms with Crippen LogP contribution < -0.4 is 11.1 Å². The Morgan fingerprint density at radius 2 is 1.71 bits per heavy atom. The molecule has 0 spiro atoms. The lowest BCUT2D eigenvalue weighted by atomic mass is 10.1. The van der Waals surface area contributed by atoms with Gasteiger partial charge in [0, 0.05) is 11.4 Å². The zero-order valence-corrected chi connectivity index (χ0v) is 12.9. The number of nitrogen functional groups attached to an aromatic ring is 1. The van der Waals surface area contributed by atoms with Gasteiger partial charge in [0.1, 0.15) is 0 Å². The number of carbonyl (C=O) groups excluding carboxylic acids is 2. The van der Waals surface area contributed by atoms with E-state index in [0.717, 1.165) is 10.8 Å². The van der Waals surface area contributed by atoms with Gasteiger partial charge in [-0.15, -0.1) is 0 Å². The molecule has 0 aliphatic rings. The van der Waals surface area contributed by atoms with Crippen LogP contribution >= 0.6 is 0 Å². The van der Waals surface area contributed by atoms with Crippen LogP contribution in [0.1, 0.15) is 10.4 Å². The van der Waals surface area contributed by atoms with E-state index in [9.17, 15) is 9.59 Å². The molecule has 120 valence electrons. The zero-order chi connectivity index (χ0) is 16.9. The van der Waals surface area contributed by atoms with Gasteiger partial charge in [-0.3, -0.25) is 4.79 Å². The summed E-state index contributed by atoms with van der Waals surface area (Å²) in [4.78, 5) is 23.8. The molecule has 3 aromatic carbocycles. The second-order valence-electron chi connectivity index (χ2n) is 5.31. The van der Waals surface area contributed by atoms with Crippen molar-refractivity contribution >= 4 is 34.0 Å². The van der Waals surface area contributed by atoms with Gasteiger partial charge in [0.05, 0.1) is 5.56 Å². The number of carbonyl (C=O) groups is 2. The molecule has 5 heteroatoms. The third-order valence-corrected chi connectivity index (χ3v) is 3.49. The number of rotatable bonds is 4. The SMILES string of the molecule is Nc1cccc(C(=O)OCC(=O)Nc2ccc3ccccc3c2)c1. The highest BCUT2D eigenvalue weighted by Gasteiger charge is 2.10. The summed E-state index contributed by atoms with van der Waals surface area (Å²) in [5.74, 6) is -0.988. The number of hydrogen-bond acceptors (Lipinski definition) is 4. The molecule has 0 unspecified atom stereocenters. The van der Waals surface area contributed by atoms with Crippen LogP contribution in [0.25, 0.3) is 10.8 Å². The summed E-state index contributed by atoms with van der Waals surface area (Å²) >= 11 is 0. The molecule has 0 aliphatic heterocycles. The average Bonchev–Trinajstić information content (AvgIpc) is 2.59. The van der Waals surface area contributed by atoms with Gasteiger partial charge in [-0.2, -0.15) is 0 Å². The van der Waals surface area contributed by atoms with E-state index in [4.69, 9.17) is 10.5 Å². The topological polar surface area (TPSA) is 81.4 Å². The van der Waals surface area contributed by atoms with E-state index >= 15 is 0 Å². The van der Waals surface area contributed by atoms with Gasteiger partial charge >= 0.3 is 5.97 Å². The van der Waals surface area contributed by atoms with Gasteiger partial charge in [0.15, 0.2) is 6.61 Å². The van der Waals surface area contributed by atoms with Crippen molar-refractivity contribution in [1.82, 2.24) is 0 Å². The number of esters is 1. The van der Waals surface area contributed by atoms with Crippen molar-refractivity contribution in [2.75, 3.05) is 17.7 Å². The van der Waals surface area contributed by atoms with Crippen LogP contribution in [0.15, 0.2) is 66.7 Å². The Kier molecular flexibility index (Phi) is 4.43. The number of fused-ring (bicyclic) bond motifs is 1. The summed E-state index contributed by atoms with van der Waals surface area (Å²) in [7, 11) is 0. The Labute approximate surface area is 139 Å². The van der Waals surface area contributed by atoms with Crippen LogP contribution in [0.3, 0.4) is 0 Å². The molecular formula is C19H16N2O3. The fraction of sp³-hybridized carbons (Fsp3) is 0.0526. The number of benzene rings is 3. The third-order valence-electron chi connectivity index (χ3n) is 3.49. The first-order valence-corrected chi connectivity index (χ1v) is 7.43. The lowest BCUT2D eigenvalue weighted by molar-refractivity contribution is -0.119. The summed E-state index contributed by atoms with van der Waals surface area (Å²) < 4.78 is 5.00. The van der Waals surface area contributed by atoms with Crippen molar-refractivity contribution in [3.63, 3.8) is 0 Å². The monoisotopic (exact) mass is 320 g/mol. The number of amides is 1. The first kappa shape index (κ1) is 15.6. The van der Waals surface area contributed by atoms with Gasteiger partial charge in [-0.25, -0.2) is 4.79 Å². The van der Waals surface area contributed by atoms with Crippen LogP contribution in [-0.2, 0) is 9.53 Å². The highest BCUT2D eigenvalue weighted by atomic mass is 16.5. The van der Waals surface area contributed by atoms with Crippen LogP contribution in [0.4, 0.5) is 11.4 Å². The fourth-order valence-corrected chi connectivity index (χ4v) is 2.34.